The van der Waals surface area contributed by atoms with Crippen LogP contribution in [0.15, 0.2) is 17.1 Å². The Bertz CT molecular complexity index is 509. The molecule has 1 aromatic rings. The first-order valence-electron chi connectivity index (χ1n) is 6.15. The zero-order valence-electron chi connectivity index (χ0n) is 10.6. The molecule has 5 nitrogen and oxygen atoms in total. The lowest BCUT2D eigenvalue weighted by atomic mass is 9.95. The fraction of sp³-hybridized carbons (Fsp3) is 0.538. The number of amides is 1. The number of nitrogens with zero attached hydrogens (tertiary/aromatic N) is 1. The fourth-order valence-electron chi connectivity index (χ4n) is 2.14. The number of β-amino-alcohol motifs (C(OH)–C–C–N with tert-alkyl or cyclic N) is 1. The van der Waals surface area contributed by atoms with Crippen LogP contribution in [-0.2, 0) is 0 Å². The molecule has 2 heterocycles. The van der Waals surface area contributed by atoms with Crippen LogP contribution in [0.4, 0.5) is 0 Å². The van der Waals surface area contributed by atoms with Crippen LogP contribution in [0.3, 0.4) is 0 Å². The molecule has 0 spiro atoms. The third-order valence-corrected chi connectivity index (χ3v) is 3.49. The van der Waals surface area contributed by atoms with Crippen molar-refractivity contribution in [3.05, 3.63) is 33.7 Å². The Morgan fingerprint density at radius 1 is 1.56 bits per heavy atom. The molecule has 18 heavy (non-hydrogen) atoms. The standard InChI is InChI=1S/C13H18N2O3/c1-8-3-4-15(7-12(8)17)13(18)10-6-14-9(2)5-11(10)16/h5-6,8,12,17H,3-4,7H2,1-2H3,(H,14,16). The summed E-state index contributed by atoms with van der Waals surface area (Å²) in [5.74, 6) is -0.104. The molecule has 0 bridgehead atoms. The summed E-state index contributed by atoms with van der Waals surface area (Å²) in [6.07, 6.45) is 1.70. The largest absolute Gasteiger partial charge is 0.391 e. The molecule has 1 fully saturated rings. The molecule has 2 atom stereocenters. The zero-order chi connectivity index (χ0) is 13.3. The highest BCUT2D eigenvalue weighted by atomic mass is 16.3. The van der Waals surface area contributed by atoms with Gasteiger partial charge >= 0.3 is 0 Å². The molecular formula is C13H18N2O3. The van der Waals surface area contributed by atoms with Crippen molar-refractivity contribution in [3.8, 4) is 0 Å². The van der Waals surface area contributed by atoms with Crippen molar-refractivity contribution in [1.82, 2.24) is 9.88 Å². The van der Waals surface area contributed by atoms with Gasteiger partial charge in [0.2, 0.25) is 0 Å². The lowest BCUT2D eigenvalue weighted by Gasteiger charge is -2.34. The second kappa shape index (κ2) is 4.94. The maximum Gasteiger partial charge on any atom is 0.259 e. The highest BCUT2D eigenvalue weighted by molar-refractivity contribution is 5.93. The first-order valence-corrected chi connectivity index (χ1v) is 6.15. The predicted molar refractivity (Wildman–Crippen MR) is 67.5 cm³/mol. The summed E-state index contributed by atoms with van der Waals surface area (Å²) in [7, 11) is 0. The molecule has 0 saturated carbocycles. The van der Waals surface area contributed by atoms with Gasteiger partial charge in [-0.15, -0.1) is 0 Å². The van der Waals surface area contributed by atoms with E-state index in [-0.39, 0.29) is 22.8 Å². The van der Waals surface area contributed by atoms with Crippen LogP contribution in [0.25, 0.3) is 0 Å². The molecule has 1 aliphatic heterocycles. The number of aromatic amines is 1. The van der Waals surface area contributed by atoms with E-state index in [1.165, 1.54) is 12.3 Å². The van der Waals surface area contributed by atoms with E-state index in [4.69, 9.17) is 0 Å². The van der Waals surface area contributed by atoms with Crippen LogP contribution in [0.1, 0.15) is 29.4 Å². The van der Waals surface area contributed by atoms with Crippen LogP contribution in [0, 0.1) is 12.8 Å². The summed E-state index contributed by atoms with van der Waals surface area (Å²) in [4.78, 5) is 28.3. The lowest BCUT2D eigenvalue weighted by molar-refractivity contribution is 0.0247. The summed E-state index contributed by atoms with van der Waals surface area (Å²) in [5.41, 5.74) is 0.593. The Morgan fingerprint density at radius 3 is 2.89 bits per heavy atom. The summed E-state index contributed by atoms with van der Waals surface area (Å²) in [6.45, 7) is 4.62. The summed E-state index contributed by atoms with van der Waals surface area (Å²) in [5, 5.41) is 9.78. The second-order valence-corrected chi connectivity index (χ2v) is 4.98. The summed E-state index contributed by atoms with van der Waals surface area (Å²) < 4.78 is 0. The van der Waals surface area contributed by atoms with Gasteiger partial charge in [0.15, 0.2) is 5.43 Å². The maximum atomic E-state index is 12.2. The van der Waals surface area contributed by atoms with Crippen LogP contribution >= 0.6 is 0 Å². The van der Waals surface area contributed by atoms with Crippen molar-refractivity contribution >= 4 is 5.91 Å². The third-order valence-electron chi connectivity index (χ3n) is 3.49. The Balaban J connectivity index is 2.19. The second-order valence-electron chi connectivity index (χ2n) is 4.98. The van der Waals surface area contributed by atoms with E-state index in [9.17, 15) is 14.7 Å². The zero-order valence-corrected chi connectivity index (χ0v) is 10.6. The van der Waals surface area contributed by atoms with Crippen molar-refractivity contribution < 1.29 is 9.90 Å². The molecule has 98 valence electrons. The van der Waals surface area contributed by atoms with Gasteiger partial charge in [0, 0.05) is 31.0 Å². The van der Waals surface area contributed by atoms with Gasteiger partial charge in [-0.05, 0) is 19.3 Å². The number of hydrogen-bond donors (Lipinski definition) is 2. The van der Waals surface area contributed by atoms with E-state index in [1.54, 1.807) is 11.8 Å². The van der Waals surface area contributed by atoms with Gasteiger partial charge in [-0.1, -0.05) is 6.92 Å². The maximum absolute atomic E-state index is 12.2. The topological polar surface area (TPSA) is 73.4 Å². The molecular weight excluding hydrogens is 232 g/mol. The third kappa shape index (κ3) is 2.46. The van der Waals surface area contributed by atoms with E-state index in [0.717, 1.165) is 12.1 Å². The number of carbonyl (C=O) groups excluding carboxylic acids is 1. The lowest BCUT2D eigenvalue weighted by Crippen LogP contribution is -2.46. The Kier molecular flexibility index (Phi) is 3.52. The van der Waals surface area contributed by atoms with Gasteiger partial charge in [0.1, 0.15) is 5.56 Å². The van der Waals surface area contributed by atoms with Crippen LogP contribution in [-0.4, -0.2) is 40.1 Å². The average molecular weight is 250 g/mol. The number of aliphatic hydroxyl groups excluding tert-OH is 1. The predicted octanol–water partition coefficient (Wildman–Crippen LogP) is 0.526. The number of aliphatic hydroxyl groups is 1. The van der Waals surface area contributed by atoms with E-state index in [0.29, 0.717) is 13.1 Å². The van der Waals surface area contributed by atoms with Crippen molar-refractivity contribution in [2.75, 3.05) is 13.1 Å². The fourth-order valence-corrected chi connectivity index (χ4v) is 2.14. The first-order chi connectivity index (χ1) is 8.49. The SMILES string of the molecule is Cc1cc(=O)c(C(=O)N2CCC(C)C(O)C2)c[nH]1. The Hall–Kier alpha value is -1.62. The number of pyridine rings is 1. The molecule has 1 aromatic heterocycles. The molecule has 1 aliphatic rings. The molecule has 2 N–H and O–H groups in total. The smallest absolute Gasteiger partial charge is 0.259 e. The van der Waals surface area contributed by atoms with Gasteiger partial charge in [-0.3, -0.25) is 9.59 Å². The normalized spacial score (nSPS) is 24.1. The van der Waals surface area contributed by atoms with Crippen molar-refractivity contribution in [2.45, 2.75) is 26.4 Å². The molecule has 1 saturated heterocycles. The van der Waals surface area contributed by atoms with Gasteiger partial charge in [0.05, 0.1) is 6.10 Å². The van der Waals surface area contributed by atoms with E-state index < -0.39 is 6.10 Å². The summed E-state index contributed by atoms with van der Waals surface area (Å²) >= 11 is 0. The highest BCUT2D eigenvalue weighted by Gasteiger charge is 2.28. The number of carbonyl (C=O) groups is 1. The summed E-state index contributed by atoms with van der Waals surface area (Å²) in [6, 6.07) is 1.41. The van der Waals surface area contributed by atoms with Crippen LogP contribution in [0.5, 0.6) is 0 Å². The van der Waals surface area contributed by atoms with Crippen molar-refractivity contribution in [3.63, 3.8) is 0 Å². The number of nitrogens with one attached hydrogen (secondary N) is 1. The minimum absolute atomic E-state index is 0.141. The molecule has 0 aromatic carbocycles. The first kappa shape index (κ1) is 12.8. The van der Waals surface area contributed by atoms with Crippen LogP contribution in [0.2, 0.25) is 0 Å². The molecule has 2 rings (SSSR count). The molecule has 0 aliphatic carbocycles. The molecule has 5 heteroatoms. The van der Waals surface area contributed by atoms with Gasteiger partial charge in [0.25, 0.3) is 5.91 Å². The number of rotatable bonds is 1. The number of aryl methyl sites for hydroxylation is 1. The Labute approximate surface area is 105 Å². The van der Waals surface area contributed by atoms with Gasteiger partial charge < -0.3 is 15.0 Å². The van der Waals surface area contributed by atoms with E-state index >= 15 is 0 Å². The van der Waals surface area contributed by atoms with Crippen molar-refractivity contribution in [2.24, 2.45) is 5.92 Å². The average Bonchev–Trinajstić information content (AvgIpc) is 2.32. The van der Waals surface area contributed by atoms with Crippen LogP contribution < -0.4 is 5.43 Å². The quantitative estimate of drug-likeness (QED) is 0.763. The minimum atomic E-state index is -0.507. The monoisotopic (exact) mass is 250 g/mol. The Morgan fingerprint density at radius 2 is 2.28 bits per heavy atom. The molecule has 0 radical (unpaired) electrons. The molecule has 1 amide bonds. The number of H-pyrrole nitrogens is 1. The number of hydrogen-bond acceptors (Lipinski definition) is 3. The van der Waals surface area contributed by atoms with Gasteiger partial charge in [-0.2, -0.15) is 0 Å². The number of piperidine rings is 1. The van der Waals surface area contributed by atoms with E-state index in [2.05, 4.69) is 4.98 Å². The molecule has 2 unspecified atom stereocenters. The van der Waals surface area contributed by atoms with E-state index in [1.807, 2.05) is 6.92 Å². The van der Waals surface area contributed by atoms with Gasteiger partial charge in [-0.25, -0.2) is 0 Å². The highest BCUT2D eigenvalue weighted by Crippen LogP contribution is 2.18. The number of likely N-dealkylation sites (tertiary alicyclic amines) is 1. The number of aromatic nitrogens is 1. The van der Waals surface area contributed by atoms with Crippen molar-refractivity contribution in [1.29, 1.82) is 0 Å². The minimum Gasteiger partial charge on any atom is -0.391 e.